The first kappa shape index (κ1) is 22.0. The number of nitrogens with zero attached hydrogens (tertiary/aromatic N) is 4. The number of methoxy groups -OCH3 is 1. The second-order valence-electron chi connectivity index (χ2n) is 7.20. The van der Waals surface area contributed by atoms with Gasteiger partial charge in [-0.15, -0.1) is 0 Å². The second-order valence-corrected chi connectivity index (χ2v) is 7.20. The molecule has 0 aliphatic carbocycles. The molecular formula is C23H22FN5O4. The molecule has 1 N–H and O–H groups in total. The fourth-order valence-electron chi connectivity index (χ4n) is 3.29. The summed E-state index contributed by atoms with van der Waals surface area (Å²) in [5.41, 5.74) is 0.963. The highest BCUT2D eigenvalue weighted by atomic mass is 19.1. The second kappa shape index (κ2) is 9.94. The highest BCUT2D eigenvalue weighted by molar-refractivity contribution is 5.77. The van der Waals surface area contributed by atoms with Crippen molar-refractivity contribution in [2.75, 3.05) is 20.3 Å². The molecule has 0 radical (unpaired) electrons. The normalized spacial score (nSPS) is 10.8. The molecule has 4 aromatic rings. The molecule has 9 nitrogen and oxygen atoms in total. The van der Waals surface area contributed by atoms with Crippen LogP contribution >= 0.6 is 0 Å². The van der Waals surface area contributed by atoms with E-state index in [1.54, 1.807) is 35.0 Å². The molecule has 0 spiro atoms. The molecule has 33 heavy (non-hydrogen) atoms. The quantitative estimate of drug-likeness (QED) is 0.418. The zero-order valence-corrected chi connectivity index (χ0v) is 17.9. The summed E-state index contributed by atoms with van der Waals surface area (Å²) in [6.07, 6.45) is 2.89. The van der Waals surface area contributed by atoms with Crippen LogP contribution in [0.25, 0.3) is 11.0 Å². The molecular weight excluding hydrogens is 429 g/mol. The number of fused-ring (bicyclic) bond motifs is 1. The first-order chi connectivity index (χ1) is 16.0. The van der Waals surface area contributed by atoms with E-state index in [0.29, 0.717) is 29.1 Å². The van der Waals surface area contributed by atoms with Crippen LogP contribution in [0.1, 0.15) is 5.56 Å². The lowest BCUT2D eigenvalue weighted by molar-refractivity contribution is -0.123. The number of rotatable bonds is 9. The maximum absolute atomic E-state index is 13.1. The van der Waals surface area contributed by atoms with Gasteiger partial charge in [0.15, 0.2) is 23.8 Å². The van der Waals surface area contributed by atoms with Crippen molar-refractivity contribution < 1.29 is 18.7 Å². The molecule has 0 fully saturated rings. The molecule has 10 heteroatoms. The van der Waals surface area contributed by atoms with Gasteiger partial charge in [-0.05, 0) is 29.8 Å². The molecule has 0 bridgehead atoms. The maximum Gasteiger partial charge on any atom is 0.264 e. The minimum Gasteiger partial charge on any atom is -0.493 e. The minimum absolute atomic E-state index is 0.160. The number of carbonyl (C=O) groups is 1. The van der Waals surface area contributed by atoms with Gasteiger partial charge in [-0.25, -0.2) is 14.1 Å². The smallest absolute Gasteiger partial charge is 0.264 e. The topological polar surface area (TPSA) is 100 Å². The molecule has 0 aliphatic heterocycles. The number of hydrogen-bond acceptors (Lipinski definition) is 6. The fraction of sp³-hybridized carbons (Fsp3) is 0.217. The van der Waals surface area contributed by atoms with E-state index in [-0.39, 0.29) is 37.0 Å². The number of hydrogen-bond donors (Lipinski definition) is 1. The van der Waals surface area contributed by atoms with E-state index in [1.807, 2.05) is 6.07 Å². The highest BCUT2D eigenvalue weighted by Gasteiger charge is 2.11. The van der Waals surface area contributed by atoms with Crippen molar-refractivity contribution in [3.8, 4) is 11.5 Å². The Bertz CT molecular complexity index is 1320. The van der Waals surface area contributed by atoms with Gasteiger partial charge in [0.05, 0.1) is 26.4 Å². The third-order valence-electron chi connectivity index (χ3n) is 4.96. The number of para-hydroxylation sites is 2. The van der Waals surface area contributed by atoms with Crippen LogP contribution in [-0.2, 0) is 17.9 Å². The molecule has 0 saturated carbocycles. The van der Waals surface area contributed by atoms with Gasteiger partial charge in [0.2, 0.25) is 0 Å². The number of amides is 1. The Labute approximate surface area is 188 Å². The summed E-state index contributed by atoms with van der Waals surface area (Å²) in [5.74, 6) is 0.394. The van der Waals surface area contributed by atoms with E-state index in [4.69, 9.17) is 9.47 Å². The van der Waals surface area contributed by atoms with Crippen molar-refractivity contribution in [3.05, 3.63) is 82.8 Å². The SMILES string of the molecule is COc1ccccc1OCC(=O)NCCn1ncc2c(=O)n(Cc3ccc(F)cc3)cnc21. The molecule has 1 amide bonds. The summed E-state index contributed by atoms with van der Waals surface area (Å²) in [5, 5.41) is 7.34. The van der Waals surface area contributed by atoms with Crippen molar-refractivity contribution in [2.24, 2.45) is 0 Å². The first-order valence-corrected chi connectivity index (χ1v) is 10.2. The molecule has 2 heterocycles. The zero-order chi connectivity index (χ0) is 23.2. The summed E-state index contributed by atoms with van der Waals surface area (Å²) in [4.78, 5) is 29.2. The number of halogens is 1. The Morgan fingerprint density at radius 1 is 1.12 bits per heavy atom. The zero-order valence-electron chi connectivity index (χ0n) is 17.9. The van der Waals surface area contributed by atoms with Crippen molar-refractivity contribution in [2.45, 2.75) is 13.1 Å². The van der Waals surface area contributed by atoms with Gasteiger partial charge in [0.25, 0.3) is 11.5 Å². The molecule has 0 atom stereocenters. The molecule has 170 valence electrons. The summed E-state index contributed by atoms with van der Waals surface area (Å²) in [6, 6.07) is 13.0. The largest absolute Gasteiger partial charge is 0.493 e. The van der Waals surface area contributed by atoms with Crippen LogP contribution in [0.3, 0.4) is 0 Å². The standard InChI is InChI=1S/C23H22FN5O4/c1-32-19-4-2-3-5-20(19)33-14-21(30)25-10-11-29-22-18(12-27-29)23(31)28(15-26-22)13-16-6-8-17(24)9-7-16/h2-9,12,15H,10-11,13-14H2,1H3,(H,25,30). The predicted octanol–water partition coefficient (Wildman–Crippen LogP) is 1.98. The van der Waals surface area contributed by atoms with Crippen molar-refractivity contribution in [3.63, 3.8) is 0 Å². The molecule has 2 aromatic carbocycles. The van der Waals surface area contributed by atoms with Gasteiger partial charge in [-0.2, -0.15) is 5.10 Å². The Kier molecular flexibility index (Phi) is 6.63. The third-order valence-corrected chi connectivity index (χ3v) is 4.96. The first-order valence-electron chi connectivity index (χ1n) is 10.2. The Morgan fingerprint density at radius 2 is 1.88 bits per heavy atom. The number of benzene rings is 2. The predicted molar refractivity (Wildman–Crippen MR) is 119 cm³/mol. The van der Waals surface area contributed by atoms with Crippen LogP contribution in [0.15, 0.2) is 65.8 Å². The summed E-state index contributed by atoms with van der Waals surface area (Å²) in [6.45, 7) is 0.728. The van der Waals surface area contributed by atoms with Gasteiger partial charge in [-0.1, -0.05) is 24.3 Å². The van der Waals surface area contributed by atoms with Crippen LogP contribution in [0.2, 0.25) is 0 Å². The number of ether oxygens (including phenoxy) is 2. The lowest BCUT2D eigenvalue weighted by Crippen LogP contribution is -2.32. The Balaban J connectivity index is 1.34. The Morgan fingerprint density at radius 3 is 2.64 bits per heavy atom. The maximum atomic E-state index is 13.1. The van der Waals surface area contributed by atoms with E-state index in [0.717, 1.165) is 5.56 Å². The van der Waals surface area contributed by atoms with Crippen LogP contribution in [0, 0.1) is 5.82 Å². The minimum atomic E-state index is -0.334. The van der Waals surface area contributed by atoms with Gasteiger partial charge in [0, 0.05) is 6.54 Å². The third kappa shape index (κ3) is 5.17. The summed E-state index contributed by atoms with van der Waals surface area (Å²) < 4.78 is 26.8. The number of carbonyl (C=O) groups excluding carboxylic acids is 1. The number of nitrogens with one attached hydrogen (secondary N) is 1. The molecule has 4 rings (SSSR count). The van der Waals surface area contributed by atoms with Crippen LogP contribution in [0.5, 0.6) is 11.5 Å². The van der Waals surface area contributed by atoms with Crippen molar-refractivity contribution >= 4 is 16.9 Å². The highest BCUT2D eigenvalue weighted by Crippen LogP contribution is 2.25. The van der Waals surface area contributed by atoms with E-state index >= 15 is 0 Å². The lowest BCUT2D eigenvalue weighted by atomic mass is 10.2. The van der Waals surface area contributed by atoms with E-state index in [1.165, 1.54) is 36.3 Å². The van der Waals surface area contributed by atoms with Crippen molar-refractivity contribution in [1.29, 1.82) is 0 Å². The van der Waals surface area contributed by atoms with Gasteiger partial charge < -0.3 is 14.8 Å². The lowest BCUT2D eigenvalue weighted by Gasteiger charge is -2.10. The monoisotopic (exact) mass is 451 g/mol. The molecule has 2 aromatic heterocycles. The fourth-order valence-corrected chi connectivity index (χ4v) is 3.29. The van der Waals surface area contributed by atoms with Gasteiger partial charge >= 0.3 is 0 Å². The average molecular weight is 451 g/mol. The number of aromatic nitrogens is 4. The van der Waals surface area contributed by atoms with Crippen molar-refractivity contribution in [1.82, 2.24) is 24.6 Å². The molecule has 0 saturated heterocycles. The van der Waals surface area contributed by atoms with E-state index < -0.39 is 0 Å². The Hall–Kier alpha value is -4.21. The van der Waals surface area contributed by atoms with Crippen LogP contribution in [-0.4, -0.2) is 45.5 Å². The van der Waals surface area contributed by atoms with E-state index in [2.05, 4.69) is 15.4 Å². The molecule has 0 aliphatic rings. The van der Waals surface area contributed by atoms with Crippen LogP contribution < -0.4 is 20.3 Å². The van der Waals surface area contributed by atoms with Gasteiger partial charge in [-0.3, -0.25) is 14.2 Å². The summed E-state index contributed by atoms with van der Waals surface area (Å²) >= 11 is 0. The average Bonchev–Trinajstić information content (AvgIpc) is 3.25. The van der Waals surface area contributed by atoms with E-state index in [9.17, 15) is 14.0 Å². The molecule has 0 unspecified atom stereocenters. The summed E-state index contributed by atoms with van der Waals surface area (Å²) in [7, 11) is 1.53. The van der Waals surface area contributed by atoms with Crippen LogP contribution in [0.4, 0.5) is 4.39 Å². The van der Waals surface area contributed by atoms with Gasteiger partial charge in [0.1, 0.15) is 17.5 Å².